The van der Waals surface area contributed by atoms with Crippen molar-refractivity contribution >= 4 is 17.6 Å². The zero-order valence-electron chi connectivity index (χ0n) is 18.1. The number of hydrogen-bond acceptors (Lipinski definition) is 7. The van der Waals surface area contributed by atoms with E-state index < -0.39 is 23.4 Å². The number of Topliss-reactive ketones (excluding diaryl/α,β-unsaturated/α-hetero) is 1. The molecular formula is C22H28F3N5O2. The maximum absolute atomic E-state index is 13.6. The number of alkyl halides is 3. The molecule has 1 N–H and O–H groups in total. The van der Waals surface area contributed by atoms with Crippen LogP contribution in [0.3, 0.4) is 0 Å². The molecule has 0 aliphatic carbocycles. The van der Waals surface area contributed by atoms with Gasteiger partial charge in [-0.25, -0.2) is 4.98 Å². The Morgan fingerprint density at radius 3 is 2.72 bits per heavy atom. The number of halogens is 3. The molecule has 2 aromatic rings. The molecule has 4 rings (SSSR count). The predicted molar refractivity (Wildman–Crippen MR) is 114 cm³/mol. The number of hydrogen-bond donors (Lipinski definition) is 1. The lowest BCUT2D eigenvalue weighted by Gasteiger charge is -2.29. The standard InChI is InChI=1S/C22H28F3N5O2/c1-15-4-2-9-30(14-15)21-28-20(22(23,24)25)19(32-21)17(31)12-16-5-6-18(27-13-16)29-10-3-7-26-8-11-29/h5-6,13,15,26H,2-4,7-12,14H2,1H3. The summed E-state index contributed by atoms with van der Waals surface area (Å²) in [6.45, 7) is 6.69. The average molecular weight is 451 g/mol. The van der Waals surface area contributed by atoms with Gasteiger partial charge in [0.25, 0.3) is 6.01 Å². The van der Waals surface area contributed by atoms with Gasteiger partial charge in [-0.1, -0.05) is 13.0 Å². The minimum atomic E-state index is -4.77. The van der Waals surface area contributed by atoms with Gasteiger partial charge < -0.3 is 19.5 Å². The summed E-state index contributed by atoms with van der Waals surface area (Å²) in [4.78, 5) is 24.7. The summed E-state index contributed by atoms with van der Waals surface area (Å²) in [6, 6.07) is 3.41. The molecule has 0 spiro atoms. The van der Waals surface area contributed by atoms with Crippen molar-refractivity contribution in [3.05, 3.63) is 35.3 Å². The first-order chi connectivity index (χ1) is 15.3. The molecule has 10 heteroatoms. The van der Waals surface area contributed by atoms with Crippen LogP contribution in [-0.4, -0.2) is 55.0 Å². The Morgan fingerprint density at radius 2 is 2.00 bits per heavy atom. The summed E-state index contributed by atoms with van der Waals surface area (Å²) in [6.07, 6.45) is -0.598. The zero-order chi connectivity index (χ0) is 22.7. The van der Waals surface area contributed by atoms with Crippen LogP contribution in [0.5, 0.6) is 0 Å². The molecule has 1 unspecified atom stereocenters. The minimum Gasteiger partial charge on any atom is -0.420 e. The highest BCUT2D eigenvalue weighted by Crippen LogP contribution is 2.35. The highest BCUT2D eigenvalue weighted by atomic mass is 19.4. The Hall–Kier alpha value is -2.62. The van der Waals surface area contributed by atoms with Crippen molar-refractivity contribution in [3.8, 4) is 0 Å². The topological polar surface area (TPSA) is 74.5 Å². The van der Waals surface area contributed by atoms with Crippen LogP contribution < -0.4 is 15.1 Å². The van der Waals surface area contributed by atoms with Crippen LogP contribution in [-0.2, 0) is 12.6 Å². The van der Waals surface area contributed by atoms with E-state index in [0.29, 0.717) is 24.6 Å². The number of nitrogens with one attached hydrogen (secondary N) is 1. The second-order valence-corrected chi connectivity index (χ2v) is 8.58. The van der Waals surface area contributed by atoms with E-state index in [9.17, 15) is 18.0 Å². The number of oxazole rings is 1. The second kappa shape index (κ2) is 9.48. The largest absolute Gasteiger partial charge is 0.437 e. The highest BCUT2D eigenvalue weighted by Gasteiger charge is 2.42. The molecule has 2 aromatic heterocycles. The number of piperidine rings is 1. The summed E-state index contributed by atoms with van der Waals surface area (Å²) in [5, 5.41) is 3.32. The summed E-state index contributed by atoms with van der Waals surface area (Å²) in [5.74, 6) is -0.362. The SMILES string of the molecule is CC1CCCN(c2nc(C(F)(F)F)c(C(=O)Cc3ccc(N4CCCNCC4)nc3)o2)C1. The number of aromatic nitrogens is 2. The quantitative estimate of drug-likeness (QED) is 0.697. The number of ketones is 1. The Labute approximate surface area is 185 Å². The van der Waals surface area contributed by atoms with Gasteiger partial charge in [0.1, 0.15) is 5.82 Å². The molecule has 1 atom stereocenters. The second-order valence-electron chi connectivity index (χ2n) is 8.58. The lowest BCUT2D eigenvalue weighted by molar-refractivity contribution is -0.141. The number of nitrogens with zero attached hydrogens (tertiary/aromatic N) is 4. The summed E-state index contributed by atoms with van der Waals surface area (Å²) < 4.78 is 46.1. The van der Waals surface area contributed by atoms with E-state index in [1.165, 1.54) is 0 Å². The van der Waals surface area contributed by atoms with Crippen molar-refractivity contribution in [3.63, 3.8) is 0 Å². The van der Waals surface area contributed by atoms with Gasteiger partial charge in [-0.3, -0.25) is 4.79 Å². The Bertz CT molecular complexity index is 921. The van der Waals surface area contributed by atoms with Crippen LogP contribution in [0.4, 0.5) is 25.0 Å². The summed E-state index contributed by atoms with van der Waals surface area (Å²) in [7, 11) is 0. The third-order valence-electron chi connectivity index (χ3n) is 5.90. The molecule has 0 bridgehead atoms. The van der Waals surface area contributed by atoms with Crippen LogP contribution in [0.1, 0.15) is 48.0 Å². The van der Waals surface area contributed by atoms with E-state index in [0.717, 1.165) is 51.3 Å². The summed E-state index contributed by atoms with van der Waals surface area (Å²) >= 11 is 0. The van der Waals surface area contributed by atoms with E-state index in [1.807, 2.05) is 6.92 Å². The third kappa shape index (κ3) is 5.23. The third-order valence-corrected chi connectivity index (χ3v) is 5.90. The molecule has 2 saturated heterocycles. The van der Waals surface area contributed by atoms with E-state index in [2.05, 4.69) is 20.2 Å². The van der Waals surface area contributed by atoms with Gasteiger partial charge >= 0.3 is 6.18 Å². The molecule has 4 heterocycles. The van der Waals surface area contributed by atoms with Gasteiger partial charge in [-0.15, -0.1) is 0 Å². The smallest absolute Gasteiger partial charge is 0.420 e. The van der Waals surface area contributed by atoms with Crippen molar-refractivity contribution < 1.29 is 22.4 Å². The van der Waals surface area contributed by atoms with Crippen molar-refractivity contribution in [1.29, 1.82) is 0 Å². The first-order valence-electron chi connectivity index (χ1n) is 11.1. The van der Waals surface area contributed by atoms with Gasteiger partial charge in [0.2, 0.25) is 11.5 Å². The first-order valence-corrected chi connectivity index (χ1v) is 11.1. The van der Waals surface area contributed by atoms with Crippen LogP contribution in [0, 0.1) is 5.92 Å². The van der Waals surface area contributed by atoms with Gasteiger partial charge in [0.05, 0.1) is 0 Å². The maximum atomic E-state index is 13.6. The van der Waals surface area contributed by atoms with Crippen molar-refractivity contribution in [2.75, 3.05) is 49.1 Å². The van der Waals surface area contributed by atoms with E-state index in [1.54, 1.807) is 23.2 Å². The Morgan fingerprint density at radius 1 is 1.19 bits per heavy atom. The molecule has 32 heavy (non-hydrogen) atoms. The van der Waals surface area contributed by atoms with Gasteiger partial charge in [0, 0.05) is 45.3 Å². The Balaban J connectivity index is 1.50. The van der Waals surface area contributed by atoms with Crippen molar-refractivity contribution in [2.45, 2.75) is 38.8 Å². The number of rotatable bonds is 5. The fraction of sp³-hybridized carbons (Fsp3) is 0.591. The molecule has 0 aromatic carbocycles. The fourth-order valence-electron chi connectivity index (χ4n) is 4.24. The number of carbonyl (C=O) groups excluding carboxylic acids is 1. The fourth-order valence-corrected chi connectivity index (χ4v) is 4.24. The molecule has 174 valence electrons. The van der Waals surface area contributed by atoms with Crippen LogP contribution in [0.25, 0.3) is 0 Å². The maximum Gasteiger partial charge on any atom is 0.437 e. The molecule has 2 aliphatic heterocycles. The van der Waals surface area contributed by atoms with E-state index >= 15 is 0 Å². The number of anilines is 2. The van der Waals surface area contributed by atoms with Gasteiger partial charge in [-0.05, 0) is 43.4 Å². The lowest BCUT2D eigenvalue weighted by Crippen LogP contribution is -2.34. The molecule has 7 nitrogen and oxygen atoms in total. The van der Waals surface area contributed by atoms with Crippen LogP contribution in [0.2, 0.25) is 0 Å². The Kier molecular flexibility index (Phi) is 6.68. The molecular weight excluding hydrogens is 423 g/mol. The van der Waals surface area contributed by atoms with E-state index in [4.69, 9.17) is 4.42 Å². The predicted octanol–water partition coefficient (Wildman–Crippen LogP) is 3.55. The molecule has 0 amide bonds. The lowest BCUT2D eigenvalue weighted by atomic mass is 10.0. The van der Waals surface area contributed by atoms with Crippen LogP contribution >= 0.6 is 0 Å². The van der Waals surface area contributed by atoms with Crippen LogP contribution in [0.15, 0.2) is 22.7 Å². The van der Waals surface area contributed by atoms with Gasteiger partial charge in [0.15, 0.2) is 5.69 Å². The summed E-state index contributed by atoms with van der Waals surface area (Å²) in [5.41, 5.74) is -0.721. The normalized spacial score (nSPS) is 20.3. The minimum absolute atomic E-state index is 0.129. The molecule has 0 saturated carbocycles. The molecule has 0 radical (unpaired) electrons. The van der Waals surface area contributed by atoms with Crippen molar-refractivity contribution in [2.24, 2.45) is 5.92 Å². The monoisotopic (exact) mass is 451 g/mol. The number of carbonyl (C=O) groups is 1. The van der Waals surface area contributed by atoms with Gasteiger partial charge in [-0.2, -0.15) is 18.2 Å². The highest BCUT2D eigenvalue weighted by molar-refractivity contribution is 5.96. The average Bonchev–Trinajstić information content (AvgIpc) is 3.05. The van der Waals surface area contributed by atoms with E-state index in [-0.39, 0.29) is 12.4 Å². The number of pyridine rings is 1. The molecule has 2 aliphatic rings. The zero-order valence-corrected chi connectivity index (χ0v) is 18.1. The molecule has 2 fully saturated rings. The van der Waals surface area contributed by atoms with Crippen molar-refractivity contribution in [1.82, 2.24) is 15.3 Å². The first kappa shape index (κ1) is 22.6.